The molecule has 0 saturated carbocycles. The van der Waals surface area contributed by atoms with Crippen molar-refractivity contribution in [2.75, 3.05) is 25.1 Å². The van der Waals surface area contributed by atoms with E-state index in [0.717, 1.165) is 5.56 Å². The third-order valence-corrected chi connectivity index (χ3v) is 4.07. The number of halogens is 4. The Morgan fingerprint density at radius 3 is 2.22 bits per heavy atom. The van der Waals surface area contributed by atoms with Gasteiger partial charge >= 0.3 is 0 Å². The van der Waals surface area contributed by atoms with Crippen molar-refractivity contribution in [3.8, 4) is 5.75 Å². The number of methoxy groups -OCH3 is 1. The molecule has 1 atom stereocenters. The second-order valence-electron chi connectivity index (χ2n) is 5.37. The van der Waals surface area contributed by atoms with Crippen molar-refractivity contribution in [2.45, 2.75) is 12.3 Å². The van der Waals surface area contributed by atoms with E-state index in [2.05, 4.69) is 4.98 Å². The molecule has 0 radical (unpaired) electrons. The highest BCUT2D eigenvalue weighted by Crippen LogP contribution is 2.35. The van der Waals surface area contributed by atoms with E-state index in [1.54, 1.807) is 19.2 Å². The van der Waals surface area contributed by atoms with Gasteiger partial charge in [-0.15, -0.1) is 0 Å². The zero-order valence-electron chi connectivity index (χ0n) is 12.3. The predicted molar refractivity (Wildman–Crippen MR) is 76.6 cm³/mol. The summed E-state index contributed by atoms with van der Waals surface area (Å²) in [7, 11) is 1.56. The average molecular weight is 326 g/mol. The second-order valence-corrected chi connectivity index (χ2v) is 5.37. The van der Waals surface area contributed by atoms with E-state index in [-0.39, 0.29) is 12.5 Å². The molecule has 1 aliphatic heterocycles. The molecule has 3 rings (SSSR count). The van der Waals surface area contributed by atoms with Gasteiger partial charge in [0.25, 0.3) is 11.9 Å². The van der Waals surface area contributed by atoms with Crippen LogP contribution < -0.4 is 9.64 Å². The predicted octanol–water partition coefficient (Wildman–Crippen LogP) is 3.64. The smallest absolute Gasteiger partial charge is 0.253 e. The lowest BCUT2D eigenvalue weighted by Crippen LogP contribution is -2.23. The maximum absolute atomic E-state index is 13.8. The van der Waals surface area contributed by atoms with Crippen molar-refractivity contribution in [3.05, 3.63) is 53.4 Å². The van der Waals surface area contributed by atoms with Crippen LogP contribution in [-0.4, -0.2) is 25.2 Å². The molecule has 3 nitrogen and oxygen atoms in total. The first-order chi connectivity index (χ1) is 11.0. The fourth-order valence-electron chi connectivity index (χ4n) is 2.87. The minimum absolute atomic E-state index is 0.0130. The molecule has 23 heavy (non-hydrogen) atoms. The topological polar surface area (TPSA) is 25.4 Å². The Hall–Kier alpha value is -2.31. The summed E-state index contributed by atoms with van der Waals surface area (Å²) < 4.78 is 59.2. The first-order valence-electron chi connectivity index (χ1n) is 7.10. The fourth-order valence-corrected chi connectivity index (χ4v) is 2.87. The summed E-state index contributed by atoms with van der Waals surface area (Å²) in [4.78, 5) is 3.89. The van der Waals surface area contributed by atoms with Gasteiger partial charge in [0, 0.05) is 19.0 Å². The number of nitrogens with zero attached hydrogens (tertiary/aromatic N) is 2. The molecule has 0 bridgehead atoms. The second kappa shape index (κ2) is 6.06. The van der Waals surface area contributed by atoms with Gasteiger partial charge < -0.3 is 9.64 Å². The normalized spacial score (nSPS) is 17.6. The van der Waals surface area contributed by atoms with Crippen LogP contribution in [0.15, 0.2) is 24.3 Å². The molecule has 1 aromatic carbocycles. The molecular weight excluding hydrogens is 312 g/mol. The molecule has 1 aromatic heterocycles. The van der Waals surface area contributed by atoms with Crippen LogP contribution >= 0.6 is 0 Å². The highest BCUT2D eigenvalue weighted by atomic mass is 19.2. The van der Waals surface area contributed by atoms with Crippen LogP contribution in [0.25, 0.3) is 0 Å². The van der Waals surface area contributed by atoms with Crippen LogP contribution in [0.4, 0.5) is 23.2 Å². The third kappa shape index (κ3) is 2.83. The molecular formula is C16H14F4N2O. The molecule has 2 aromatic rings. The summed E-state index contributed by atoms with van der Waals surface area (Å²) in [6.07, 6.45) is 0.622. The maximum Gasteiger partial charge on any atom is 0.253 e. The van der Waals surface area contributed by atoms with Gasteiger partial charge in [0.15, 0.2) is 0 Å². The number of aromatic nitrogens is 1. The van der Waals surface area contributed by atoms with Crippen molar-refractivity contribution in [1.82, 2.24) is 4.98 Å². The van der Waals surface area contributed by atoms with Crippen molar-refractivity contribution in [2.24, 2.45) is 0 Å². The lowest BCUT2D eigenvalue weighted by atomic mass is 9.98. The Bertz CT molecular complexity index is 695. The van der Waals surface area contributed by atoms with E-state index in [1.807, 2.05) is 12.1 Å². The van der Waals surface area contributed by atoms with Crippen molar-refractivity contribution >= 4 is 5.69 Å². The highest BCUT2D eigenvalue weighted by Gasteiger charge is 2.31. The van der Waals surface area contributed by atoms with Crippen LogP contribution in [0.5, 0.6) is 5.75 Å². The van der Waals surface area contributed by atoms with Crippen LogP contribution in [0.3, 0.4) is 0 Å². The lowest BCUT2D eigenvalue weighted by Gasteiger charge is -2.20. The van der Waals surface area contributed by atoms with E-state index >= 15 is 0 Å². The molecule has 1 fully saturated rings. The number of rotatable bonds is 3. The number of ether oxygens (including phenoxy) is 1. The van der Waals surface area contributed by atoms with Crippen LogP contribution in [0, 0.1) is 23.5 Å². The van der Waals surface area contributed by atoms with E-state index in [1.165, 1.54) is 4.90 Å². The summed E-state index contributed by atoms with van der Waals surface area (Å²) in [5.74, 6) is -5.46. The summed E-state index contributed by atoms with van der Waals surface area (Å²) in [5.41, 5.74) is 0.287. The molecule has 0 N–H and O–H groups in total. The molecule has 1 saturated heterocycles. The van der Waals surface area contributed by atoms with E-state index in [0.29, 0.717) is 18.7 Å². The van der Waals surface area contributed by atoms with Gasteiger partial charge in [-0.1, -0.05) is 12.1 Å². The Balaban J connectivity index is 1.85. The van der Waals surface area contributed by atoms with E-state index < -0.39 is 29.2 Å². The minimum Gasteiger partial charge on any atom is -0.497 e. The average Bonchev–Trinajstić information content (AvgIpc) is 3.03. The first-order valence-corrected chi connectivity index (χ1v) is 7.10. The highest BCUT2D eigenvalue weighted by molar-refractivity contribution is 5.50. The fraction of sp³-hybridized carbons (Fsp3) is 0.312. The van der Waals surface area contributed by atoms with Gasteiger partial charge in [0.1, 0.15) is 11.4 Å². The van der Waals surface area contributed by atoms with Gasteiger partial charge in [-0.3, -0.25) is 0 Å². The van der Waals surface area contributed by atoms with Crippen LogP contribution in [0.1, 0.15) is 17.9 Å². The van der Waals surface area contributed by atoms with Crippen LogP contribution in [0.2, 0.25) is 0 Å². The van der Waals surface area contributed by atoms with Crippen LogP contribution in [-0.2, 0) is 0 Å². The van der Waals surface area contributed by atoms with Crippen molar-refractivity contribution < 1.29 is 22.3 Å². The number of hydrogen-bond donors (Lipinski definition) is 0. The largest absolute Gasteiger partial charge is 0.497 e. The summed E-state index contributed by atoms with van der Waals surface area (Å²) in [6, 6.07) is 7.33. The van der Waals surface area contributed by atoms with Gasteiger partial charge in [-0.2, -0.15) is 22.5 Å². The molecule has 1 aliphatic rings. The van der Waals surface area contributed by atoms with E-state index in [9.17, 15) is 17.6 Å². The quantitative estimate of drug-likeness (QED) is 0.636. The summed E-state index contributed by atoms with van der Waals surface area (Å²) in [5, 5.41) is 0. The summed E-state index contributed by atoms with van der Waals surface area (Å²) in [6.45, 7) is 0.566. The molecule has 1 unspecified atom stereocenters. The third-order valence-electron chi connectivity index (χ3n) is 4.07. The number of pyridine rings is 1. The Morgan fingerprint density at radius 1 is 1.04 bits per heavy atom. The minimum atomic E-state index is -1.63. The number of benzene rings is 1. The zero-order valence-corrected chi connectivity index (χ0v) is 12.3. The molecule has 0 aliphatic carbocycles. The number of hydrogen-bond acceptors (Lipinski definition) is 3. The molecule has 0 amide bonds. The zero-order chi connectivity index (χ0) is 16.6. The molecule has 0 spiro atoms. The Labute approximate surface area is 130 Å². The maximum atomic E-state index is 13.8. The van der Waals surface area contributed by atoms with Crippen molar-refractivity contribution in [3.63, 3.8) is 0 Å². The first kappa shape index (κ1) is 15.6. The van der Waals surface area contributed by atoms with Crippen molar-refractivity contribution in [1.29, 1.82) is 0 Å². The lowest BCUT2D eigenvalue weighted by molar-refractivity contribution is 0.407. The monoisotopic (exact) mass is 326 g/mol. The van der Waals surface area contributed by atoms with Gasteiger partial charge in [0.2, 0.25) is 11.6 Å². The van der Waals surface area contributed by atoms with E-state index in [4.69, 9.17) is 4.74 Å². The Morgan fingerprint density at radius 2 is 1.65 bits per heavy atom. The van der Waals surface area contributed by atoms with Gasteiger partial charge in [-0.05, 0) is 24.1 Å². The summed E-state index contributed by atoms with van der Waals surface area (Å²) >= 11 is 0. The van der Waals surface area contributed by atoms with Gasteiger partial charge in [-0.25, -0.2) is 0 Å². The SMILES string of the molecule is COc1ccc(C2CCN(c3c(F)c(F)nc(F)c3F)C2)cc1. The molecule has 7 heteroatoms. The molecule has 2 heterocycles. The standard InChI is InChI=1S/C16H14F4N2O/c1-23-11-4-2-9(3-5-11)10-6-7-22(8-10)14-12(17)15(19)21-16(20)13(14)18/h2-5,10H,6-8H2,1H3. The number of anilines is 1. The molecule has 122 valence electrons. The van der Waals surface area contributed by atoms with Gasteiger partial charge in [0.05, 0.1) is 7.11 Å². The Kier molecular flexibility index (Phi) is 4.11.